The summed E-state index contributed by atoms with van der Waals surface area (Å²) in [6, 6.07) is 0. The number of nitrogens with zero attached hydrogens (tertiary/aromatic N) is 6. The second-order valence-corrected chi connectivity index (χ2v) is 3.96. The van der Waals surface area contributed by atoms with Gasteiger partial charge in [-0.3, -0.25) is 0 Å². The van der Waals surface area contributed by atoms with E-state index in [-0.39, 0.29) is 5.69 Å². The van der Waals surface area contributed by atoms with Gasteiger partial charge in [0.1, 0.15) is 0 Å². The van der Waals surface area contributed by atoms with E-state index < -0.39 is 5.97 Å². The van der Waals surface area contributed by atoms with Crippen LogP contribution in [0.15, 0.2) is 11.3 Å². The molecule has 0 atom stereocenters. The number of hydrogen-bond donors (Lipinski definition) is 1. The van der Waals surface area contributed by atoms with Gasteiger partial charge in [0.05, 0.1) is 52.4 Å². The van der Waals surface area contributed by atoms with Crippen LogP contribution >= 0.6 is 0 Å². The van der Waals surface area contributed by atoms with E-state index in [0.29, 0.717) is 52.7 Å². The third-order valence-corrected chi connectivity index (χ3v) is 2.37. The molecule has 0 radical (unpaired) electrons. The Bertz CT molecular complexity index is 487. The maximum atomic E-state index is 10.6. The fourth-order valence-corrected chi connectivity index (χ4v) is 1.36. The molecule has 11 heteroatoms. The minimum atomic E-state index is -1.11. The Labute approximate surface area is 126 Å². The summed E-state index contributed by atoms with van der Waals surface area (Å²) in [4.78, 5) is 13.2. The summed E-state index contributed by atoms with van der Waals surface area (Å²) < 4.78 is 17.1. The highest BCUT2D eigenvalue weighted by Crippen LogP contribution is 1.92. The molecule has 0 aliphatic heterocycles. The fourth-order valence-electron chi connectivity index (χ4n) is 1.36. The van der Waals surface area contributed by atoms with Crippen LogP contribution in [0.3, 0.4) is 0 Å². The molecule has 0 saturated carbocycles. The van der Waals surface area contributed by atoms with Crippen LogP contribution in [0.25, 0.3) is 10.4 Å². The summed E-state index contributed by atoms with van der Waals surface area (Å²) in [5.74, 6) is -1.11. The van der Waals surface area contributed by atoms with Gasteiger partial charge in [0.15, 0.2) is 5.69 Å². The van der Waals surface area contributed by atoms with Gasteiger partial charge in [-0.1, -0.05) is 10.3 Å². The first-order valence-electron chi connectivity index (χ1n) is 6.61. The lowest BCUT2D eigenvalue weighted by Gasteiger charge is -2.06. The molecule has 1 N–H and O–H groups in total. The molecule has 1 heterocycles. The van der Waals surface area contributed by atoms with Gasteiger partial charge < -0.3 is 19.3 Å². The van der Waals surface area contributed by atoms with Crippen molar-refractivity contribution in [3.05, 3.63) is 22.3 Å². The number of rotatable bonds is 13. The number of aromatic nitrogens is 3. The molecule has 0 unspecified atom stereocenters. The average molecular weight is 314 g/mol. The van der Waals surface area contributed by atoms with Gasteiger partial charge >= 0.3 is 5.97 Å². The van der Waals surface area contributed by atoms with Gasteiger partial charge in [-0.25, -0.2) is 9.48 Å². The van der Waals surface area contributed by atoms with Crippen LogP contribution in [-0.2, 0) is 20.8 Å². The molecule has 0 saturated heterocycles. The zero-order chi connectivity index (χ0) is 16.0. The normalized spacial score (nSPS) is 10.4. The van der Waals surface area contributed by atoms with Crippen molar-refractivity contribution >= 4 is 5.97 Å². The van der Waals surface area contributed by atoms with Gasteiger partial charge in [0.25, 0.3) is 0 Å². The summed E-state index contributed by atoms with van der Waals surface area (Å²) in [5, 5.41) is 19.1. The third kappa shape index (κ3) is 8.17. The van der Waals surface area contributed by atoms with Crippen LogP contribution in [0, 0.1) is 0 Å². The van der Waals surface area contributed by atoms with Crippen molar-refractivity contribution in [1.82, 2.24) is 15.0 Å². The van der Waals surface area contributed by atoms with Crippen LogP contribution in [0.5, 0.6) is 0 Å². The summed E-state index contributed by atoms with van der Waals surface area (Å²) in [6.07, 6.45) is 1.34. The highest BCUT2D eigenvalue weighted by atomic mass is 16.5. The van der Waals surface area contributed by atoms with Crippen LogP contribution in [0.2, 0.25) is 0 Å². The van der Waals surface area contributed by atoms with Crippen LogP contribution in [-0.4, -0.2) is 72.3 Å². The lowest BCUT2D eigenvalue weighted by atomic mass is 10.5. The molecule has 0 fully saturated rings. The molecule has 0 aliphatic rings. The van der Waals surface area contributed by atoms with E-state index in [1.54, 1.807) is 0 Å². The topological polar surface area (TPSA) is 144 Å². The molecule has 1 rings (SSSR count). The maximum absolute atomic E-state index is 10.6. The monoisotopic (exact) mass is 314 g/mol. The van der Waals surface area contributed by atoms with Gasteiger partial charge in [0.2, 0.25) is 0 Å². The SMILES string of the molecule is [N-]=[N+]=NCCOCCOCCOCCn1cc(C(=O)O)nn1. The maximum Gasteiger partial charge on any atom is 0.358 e. The molecule has 22 heavy (non-hydrogen) atoms. The molecule has 122 valence electrons. The first-order valence-corrected chi connectivity index (χ1v) is 6.61. The summed E-state index contributed by atoms with van der Waals surface area (Å²) in [6.45, 7) is 3.20. The van der Waals surface area contributed by atoms with Gasteiger partial charge in [0, 0.05) is 11.5 Å². The largest absolute Gasteiger partial charge is 0.476 e. The highest BCUT2D eigenvalue weighted by molar-refractivity contribution is 5.84. The minimum absolute atomic E-state index is 0.0937. The summed E-state index contributed by atoms with van der Waals surface area (Å²) >= 11 is 0. The highest BCUT2D eigenvalue weighted by Gasteiger charge is 2.07. The molecule has 1 aromatic heterocycles. The van der Waals surface area contributed by atoms with E-state index in [9.17, 15) is 4.79 Å². The standard InChI is InChI=1S/C11H18N6O5/c12-15-13-1-3-20-5-7-22-8-6-21-4-2-17-9-10(11(18)19)14-16-17/h9H,1-8H2,(H,18,19). The number of hydrogen-bond acceptors (Lipinski definition) is 7. The van der Waals surface area contributed by atoms with Crippen molar-refractivity contribution in [1.29, 1.82) is 0 Å². The predicted octanol–water partition coefficient (Wildman–Crippen LogP) is 0.336. The Balaban J connectivity index is 1.89. The molecule has 0 bridgehead atoms. The van der Waals surface area contributed by atoms with Crippen molar-refractivity contribution in [2.24, 2.45) is 5.11 Å². The molecule has 11 nitrogen and oxygen atoms in total. The van der Waals surface area contributed by atoms with Gasteiger partial charge in [-0.15, -0.1) is 5.10 Å². The summed E-state index contributed by atoms with van der Waals surface area (Å²) in [7, 11) is 0. The lowest BCUT2D eigenvalue weighted by molar-refractivity contribution is 0.0141. The fraction of sp³-hybridized carbons (Fsp3) is 0.727. The second-order valence-electron chi connectivity index (χ2n) is 3.96. The molecule has 0 spiro atoms. The van der Waals surface area contributed by atoms with Crippen molar-refractivity contribution in [2.45, 2.75) is 6.54 Å². The average Bonchev–Trinajstić information content (AvgIpc) is 2.97. The zero-order valence-electron chi connectivity index (χ0n) is 12.0. The van der Waals surface area contributed by atoms with Crippen molar-refractivity contribution in [3.63, 3.8) is 0 Å². The van der Waals surface area contributed by atoms with Crippen molar-refractivity contribution in [3.8, 4) is 0 Å². The summed E-state index contributed by atoms with van der Waals surface area (Å²) in [5.41, 5.74) is 7.94. The van der Waals surface area contributed by atoms with Crippen LogP contribution < -0.4 is 0 Å². The Morgan fingerprint density at radius 3 is 2.45 bits per heavy atom. The molecule has 1 aromatic rings. The van der Waals surface area contributed by atoms with E-state index >= 15 is 0 Å². The Morgan fingerprint density at radius 2 is 1.86 bits per heavy atom. The van der Waals surface area contributed by atoms with Gasteiger partial charge in [-0.05, 0) is 5.53 Å². The Kier molecular flexibility index (Phi) is 9.30. The number of carboxylic acids is 1. The smallest absolute Gasteiger partial charge is 0.358 e. The quantitative estimate of drug-likeness (QED) is 0.239. The third-order valence-electron chi connectivity index (χ3n) is 2.37. The van der Waals surface area contributed by atoms with Crippen molar-refractivity contribution in [2.75, 3.05) is 46.2 Å². The zero-order valence-corrected chi connectivity index (χ0v) is 12.0. The molecular formula is C11H18N6O5. The minimum Gasteiger partial charge on any atom is -0.476 e. The first-order chi connectivity index (χ1) is 10.7. The molecular weight excluding hydrogens is 296 g/mol. The first kappa shape index (κ1) is 17.9. The number of azide groups is 1. The molecule has 0 aliphatic carbocycles. The van der Waals surface area contributed by atoms with E-state index in [1.807, 2.05) is 0 Å². The number of aromatic carboxylic acids is 1. The second kappa shape index (κ2) is 11.5. The Hall–Kier alpha value is -2.20. The number of carbonyl (C=O) groups is 1. The van der Waals surface area contributed by atoms with E-state index in [1.165, 1.54) is 10.9 Å². The van der Waals surface area contributed by atoms with Crippen LogP contribution in [0.4, 0.5) is 0 Å². The number of ether oxygens (including phenoxy) is 3. The predicted molar refractivity (Wildman–Crippen MR) is 73.5 cm³/mol. The lowest BCUT2D eigenvalue weighted by Crippen LogP contribution is -2.13. The van der Waals surface area contributed by atoms with Crippen LogP contribution in [0.1, 0.15) is 10.5 Å². The van der Waals surface area contributed by atoms with E-state index in [0.717, 1.165) is 0 Å². The number of carboxylic acid groups (broad SMARTS) is 1. The Morgan fingerprint density at radius 1 is 1.23 bits per heavy atom. The molecule has 0 aromatic carbocycles. The molecule has 0 amide bonds. The van der Waals surface area contributed by atoms with Gasteiger partial charge in [-0.2, -0.15) is 0 Å². The van der Waals surface area contributed by atoms with E-state index in [4.69, 9.17) is 24.8 Å². The van der Waals surface area contributed by atoms with Crippen molar-refractivity contribution < 1.29 is 24.1 Å². The van der Waals surface area contributed by atoms with E-state index in [2.05, 4.69) is 20.3 Å².